The molecule has 6 heteroatoms. The number of anilines is 1. The summed E-state index contributed by atoms with van der Waals surface area (Å²) in [4.78, 5) is 26.1. The average Bonchev–Trinajstić information content (AvgIpc) is 3.05. The summed E-state index contributed by atoms with van der Waals surface area (Å²) in [5, 5.41) is 6.24. The van der Waals surface area contributed by atoms with Gasteiger partial charge in [-0.25, -0.2) is 0 Å². The summed E-state index contributed by atoms with van der Waals surface area (Å²) >= 11 is 0. The first-order valence-electron chi connectivity index (χ1n) is 7.71. The number of carbonyl (C=O) groups is 2. The highest BCUT2D eigenvalue weighted by atomic mass is 16.5. The lowest BCUT2D eigenvalue weighted by Crippen LogP contribution is -2.39. The fourth-order valence-electron chi connectivity index (χ4n) is 2.16. The van der Waals surface area contributed by atoms with Crippen LogP contribution in [-0.4, -0.2) is 35.0 Å². The van der Waals surface area contributed by atoms with Crippen LogP contribution in [0.5, 0.6) is 0 Å². The van der Waals surface area contributed by atoms with Crippen molar-refractivity contribution >= 4 is 17.6 Å². The van der Waals surface area contributed by atoms with E-state index in [1.165, 1.54) is 6.26 Å². The average molecular weight is 315 g/mol. The molecule has 2 rings (SSSR count). The quantitative estimate of drug-likeness (QED) is 0.812. The molecule has 6 nitrogen and oxygen atoms in total. The molecule has 0 spiro atoms. The lowest BCUT2D eigenvalue weighted by atomic mass is 10.1. The van der Waals surface area contributed by atoms with Crippen molar-refractivity contribution < 1.29 is 14.1 Å². The first-order valence-corrected chi connectivity index (χ1v) is 7.71. The molecule has 1 heterocycles. The summed E-state index contributed by atoms with van der Waals surface area (Å²) in [5.41, 5.74) is 0.941. The Hall–Kier alpha value is -2.63. The van der Waals surface area contributed by atoms with E-state index in [1.54, 1.807) is 11.0 Å². The van der Waals surface area contributed by atoms with Gasteiger partial charge in [-0.2, -0.15) is 0 Å². The van der Waals surface area contributed by atoms with E-state index in [4.69, 9.17) is 0 Å². The molecule has 0 aliphatic heterocycles. The van der Waals surface area contributed by atoms with Crippen molar-refractivity contribution in [2.45, 2.75) is 26.2 Å². The minimum Gasteiger partial charge on any atom is -0.363 e. The molecule has 0 unspecified atom stereocenters. The van der Waals surface area contributed by atoms with E-state index in [0.29, 0.717) is 18.8 Å². The molecule has 0 aliphatic carbocycles. The molecule has 0 saturated carbocycles. The third-order valence-corrected chi connectivity index (χ3v) is 3.37. The minimum atomic E-state index is -0.281. The topological polar surface area (TPSA) is 75.4 Å². The first kappa shape index (κ1) is 16.7. The number of aromatic nitrogens is 1. The van der Waals surface area contributed by atoms with E-state index in [2.05, 4.69) is 21.9 Å². The molecular weight excluding hydrogens is 294 g/mol. The molecule has 1 N–H and O–H groups in total. The van der Waals surface area contributed by atoms with E-state index in [0.717, 1.165) is 18.4 Å². The second-order valence-electron chi connectivity index (χ2n) is 5.26. The second kappa shape index (κ2) is 8.73. The Morgan fingerprint density at radius 2 is 2.00 bits per heavy atom. The van der Waals surface area contributed by atoms with Crippen LogP contribution in [0.1, 0.15) is 25.3 Å². The van der Waals surface area contributed by atoms with E-state index in [-0.39, 0.29) is 18.4 Å². The van der Waals surface area contributed by atoms with Crippen molar-refractivity contribution in [3.63, 3.8) is 0 Å². The van der Waals surface area contributed by atoms with Crippen molar-refractivity contribution in [2.24, 2.45) is 0 Å². The van der Waals surface area contributed by atoms with Crippen molar-refractivity contribution in [1.29, 1.82) is 0 Å². The fraction of sp³-hybridized carbons (Fsp3) is 0.353. The van der Waals surface area contributed by atoms with Crippen LogP contribution in [0.4, 0.5) is 5.82 Å². The summed E-state index contributed by atoms with van der Waals surface area (Å²) in [6.07, 6.45) is 3.49. The smallest absolute Gasteiger partial charge is 0.245 e. The monoisotopic (exact) mass is 315 g/mol. The Morgan fingerprint density at radius 1 is 1.22 bits per heavy atom. The standard InChI is InChI=1S/C17H21N3O3/c1-2-3-10-20(13-16(21)18-15-9-11-23-19-15)17(22)12-14-7-5-4-6-8-14/h4-9,11H,2-3,10,12-13H2,1H3,(H,18,19,21). The van der Waals surface area contributed by atoms with Gasteiger partial charge in [0.1, 0.15) is 6.26 Å². The Morgan fingerprint density at radius 3 is 2.65 bits per heavy atom. The van der Waals surface area contributed by atoms with Gasteiger partial charge < -0.3 is 14.7 Å². The Balaban J connectivity index is 1.94. The third-order valence-electron chi connectivity index (χ3n) is 3.37. The molecule has 1 aromatic heterocycles. The number of nitrogens with zero attached hydrogens (tertiary/aromatic N) is 2. The molecule has 23 heavy (non-hydrogen) atoms. The molecule has 0 saturated heterocycles. The van der Waals surface area contributed by atoms with Crippen molar-refractivity contribution in [1.82, 2.24) is 10.1 Å². The zero-order valence-corrected chi connectivity index (χ0v) is 13.2. The number of carbonyl (C=O) groups excluding carboxylic acids is 2. The predicted molar refractivity (Wildman–Crippen MR) is 86.8 cm³/mol. The Bertz CT molecular complexity index is 611. The van der Waals surface area contributed by atoms with Gasteiger partial charge in [0.15, 0.2) is 5.82 Å². The number of benzene rings is 1. The number of hydrogen-bond acceptors (Lipinski definition) is 4. The zero-order valence-electron chi connectivity index (χ0n) is 13.2. The highest BCUT2D eigenvalue weighted by Crippen LogP contribution is 2.06. The highest BCUT2D eigenvalue weighted by Gasteiger charge is 2.17. The molecule has 0 fully saturated rings. The number of amides is 2. The molecular formula is C17H21N3O3. The number of hydrogen-bond donors (Lipinski definition) is 1. The van der Waals surface area contributed by atoms with Gasteiger partial charge in [0, 0.05) is 12.6 Å². The van der Waals surface area contributed by atoms with Gasteiger partial charge in [0.25, 0.3) is 0 Å². The van der Waals surface area contributed by atoms with Crippen LogP contribution in [0, 0.1) is 0 Å². The molecule has 122 valence electrons. The SMILES string of the molecule is CCCCN(CC(=O)Nc1ccon1)C(=O)Cc1ccccc1. The maximum atomic E-state index is 12.5. The first-order chi connectivity index (χ1) is 11.2. The van der Waals surface area contributed by atoms with Crippen molar-refractivity contribution in [3.05, 3.63) is 48.2 Å². The highest BCUT2D eigenvalue weighted by molar-refractivity contribution is 5.94. The predicted octanol–water partition coefficient (Wildman–Crippen LogP) is 2.48. The molecule has 0 aliphatic rings. The number of rotatable bonds is 8. The maximum Gasteiger partial charge on any atom is 0.245 e. The fourth-order valence-corrected chi connectivity index (χ4v) is 2.16. The molecule has 0 bridgehead atoms. The van der Waals surface area contributed by atoms with Crippen LogP contribution in [0.15, 0.2) is 47.2 Å². The van der Waals surface area contributed by atoms with Gasteiger partial charge >= 0.3 is 0 Å². The summed E-state index contributed by atoms with van der Waals surface area (Å²) < 4.78 is 4.67. The van der Waals surface area contributed by atoms with Crippen LogP contribution in [0.25, 0.3) is 0 Å². The van der Waals surface area contributed by atoms with Crippen LogP contribution >= 0.6 is 0 Å². The number of nitrogens with one attached hydrogen (secondary N) is 1. The maximum absolute atomic E-state index is 12.5. The van der Waals surface area contributed by atoms with Gasteiger partial charge in [-0.15, -0.1) is 0 Å². The van der Waals surface area contributed by atoms with Gasteiger partial charge in [-0.05, 0) is 12.0 Å². The Kier molecular flexibility index (Phi) is 6.35. The summed E-state index contributed by atoms with van der Waals surface area (Å²) in [6, 6.07) is 11.1. The van der Waals surface area contributed by atoms with Crippen molar-refractivity contribution in [2.75, 3.05) is 18.4 Å². The Labute approximate surface area is 135 Å². The summed E-state index contributed by atoms with van der Waals surface area (Å²) in [5.74, 6) is 0.0114. The minimum absolute atomic E-state index is 0.0124. The normalized spacial score (nSPS) is 10.3. The number of unbranched alkanes of at least 4 members (excludes halogenated alkanes) is 1. The molecule has 0 atom stereocenters. The molecule has 2 amide bonds. The van der Waals surface area contributed by atoms with E-state index >= 15 is 0 Å². The molecule has 0 radical (unpaired) electrons. The van der Waals surface area contributed by atoms with E-state index in [9.17, 15) is 9.59 Å². The zero-order chi connectivity index (χ0) is 16.5. The van der Waals surface area contributed by atoms with Gasteiger partial charge in [0.05, 0.1) is 13.0 Å². The van der Waals surface area contributed by atoms with Crippen LogP contribution in [0.3, 0.4) is 0 Å². The summed E-state index contributed by atoms with van der Waals surface area (Å²) in [6.45, 7) is 2.63. The van der Waals surface area contributed by atoms with Crippen molar-refractivity contribution in [3.8, 4) is 0 Å². The van der Waals surface area contributed by atoms with Crippen LogP contribution in [-0.2, 0) is 16.0 Å². The molecule has 1 aromatic carbocycles. The lowest BCUT2D eigenvalue weighted by Gasteiger charge is -2.22. The van der Waals surface area contributed by atoms with Gasteiger partial charge in [0.2, 0.25) is 11.8 Å². The van der Waals surface area contributed by atoms with E-state index in [1.807, 2.05) is 30.3 Å². The third kappa shape index (κ3) is 5.58. The summed E-state index contributed by atoms with van der Waals surface area (Å²) in [7, 11) is 0. The van der Waals surface area contributed by atoms with E-state index < -0.39 is 0 Å². The lowest BCUT2D eigenvalue weighted by molar-refractivity contribution is -0.134. The molecule has 2 aromatic rings. The van der Waals surface area contributed by atoms with Gasteiger partial charge in [-0.1, -0.05) is 48.8 Å². The van der Waals surface area contributed by atoms with Crippen LogP contribution in [0.2, 0.25) is 0 Å². The second-order valence-corrected chi connectivity index (χ2v) is 5.26. The van der Waals surface area contributed by atoms with Crippen LogP contribution < -0.4 is 5.32 Å². The van der Waals surface area contributed by atoms with Gasteiger partial charge in [-0.3, -0.25) is 9.59 Å². The largest absolute Gasteiger partial charge is 0.363 e.